The zero-order valence-electron chi connectivity index (χ0n) is 15.2. The lowest BCUT2D eigenvalue weighted by Crippen LogP contribution is -2.33. The van der Waals surface area contributed by atoms with Gasteiger partial charge in [0, 0.05) is 54.6 Å². The molecule has 1 amide bonds. The molecule has 1 N–H and O–H groups in total. The smallest absolute Gasteiger partial charge is 0.242 e. The highest BCUT2D eigenvalue weighted by Crippen LogP contribution is 2.22. The first-order chi connectivity index (χ1) is 12.6. The molecule has 0 radical (unpaired) electrons. The van der Waals surface area contributed by atoms with Crippen molar-refractivity contribution in [1.29, 1.82) is 0 Å². The third kappa shape index (κ3) is 4.16. The van der Waals surface area contributed by atoms with Gasteiger partial charge >= 0.3 is 0 Å². The van der Waals surface area contributed by atoms with Crippen LogP contribution in [0.25, 0.3) is 10.6 Å². The van der Waals surface area contributed by atoms with Crippen molar-refractivity contribution in [3.05, 3.63) is 53.8 Å². The molecule has 136 valence electrons. The Morgan fingerprint density at radius 3 is 2.88 bits per heavy atom. The number of nitrogens with one attached hydrogen (secondary N) is 1. The first-order valence-electron chi connectivity index (χ1n) is 8.71. The molecule has 0 saturated heterocycles. The maximum atomic E-state index is 12.4. The molecule has 0 aliphatic heterocycles. The van der Waals surface area contributed by atoms with Crippen molar-refractivity contribution < 1.29 is 4.79 Å². The zero-order chi connectivity index (χ0) is 18.5. The standard InChI is InChI=1S/C19H23N5OS/c1-13(2)17-21-9-10-24(17)14(3)18(25)22-8-6-16-12-26-19(23-16)15-5-4-7-20-11-15/h4-5,7,9-14H,6,8H2,1-3H3,(H,22,25). The van der Waals surface area contributed by atoms with Gasteiger partial charge in [0.05, 0.1) is 5.69 Å². The third-order valence-electron chi connectivity index (χ3n) is 4.15. The topological polar surface area (TPSA) is 72.7 Å². The van der Waals surface area contributed by atoms with Gasteiger partial charge in [-0.15, -0.1) is 11.3 Å². The summed E-state index contributed by atoms with van der Waals surface area (Å²) in [7, 11) is 0. The quantitative estimate of drug-likeness (QED) is 0.692. The van der Waals surface area contributed by atoms with Gasteiger partial charge in [0.25, 0.3) is 0 Å². The summed E-state index contributed by atoms with van der Waals surface area (Å²) < 4.78 is 1.93. The maximum Gasteiger partial charge on any atom is 0.242 e. The van der Waals surface area contributed by atoms with Crippen LogP contribution < -0.4 is 5.32 Å². The first kappa shape index (κ1) is 18.3. The van der Waals surface area contributed by atoms with E-state index in [0.29, 0.717) is 13.0 Å². The predicted molar refractivity (Wildman–Crippen MR) is 103 cm³/mol. The van der Waals surface area contributed by atoms with Crippen molar-refractivity contribution in [2.24, 2.45) is 0 Å². The van der Waals surface area contributed by atoms with Crippen molar-refractivity contribution in [3.8, 4) is 10.6 Å². The number of carbonyl (C=O) groups is 1. The molecule has 1 atom stereocenters. The molecule has 0 aliphatic rings. The molecule has 0 aliphatic carbocycles. The number of nitrogens with zero attached hydrogens (tertiary/aromatic N) is 4. The number of thiazole rings is 1. The number of pyridine rings is 1. The second-order valence-electron chi connectivity index (χ2n) is 6.45. The highest BCUT2D eigenvalue weighted by atomic mass is 32.1. The van der Waals surface area contributed by atoms with Crippen LogP contribution >= 0.6 is 11.3 Å². The van der Waals surface area contributed by atoms with Crippen molar-refractivity contribution in [3.63, 3.8) is 0 Å². The average Bonchev–Trinajstić information content (AvgIpc) is 3.31. The van der Waals surface area contributed by atoms with Gasteiger partial charge in [0.2, 0.25) is 5.91 Å². The number of hydrogen-bond acceptors (Lipinski definition) is 5. The summed E-state index contributed by atoms with van der Waals surface area (Å²) in [5.74, 6) is 1.20. The van der Waals surface area contributed by atoms with Crippen LogP contribution in [-0.2, 0) is 11.2 Å². The minimum Gasteiger partial charge on any atom is -0.354 e. The molecule has 3 aromatic heterocycles. The molecule has 0 spiro atoms. The van der Waals surface area contributed by atoms with Crippen LogP contribution in [0.3, 0.4) is 0 Å². The molecule has 6 nitrogen and oxygen atoms in total. The van der Waals surface area contributed by atoms with Gasteiger partial charge in [0.15, 0.2) is 0 Å². The second-order valence-corrected chi connectivity index (χ2v) is 7.31. The van der Waals surface area contributed by atoms with Gasteiger partial charge in [-0.05, 0) is 19.1 Å². The van der Waals surface area contributed by atoms with E-state index in [-0.39, 0.29) is 17.9 Å². The number of aromatic nitrogens is 4. The first-order valence-corrected chi connectivity index (χ1v) is 9.59. The molecule has 3 rings (SSSR count). The summed E-state index contributed by atoms with van der Waals surface area (Å²) in [6.45, 7) is 6.61. The van der Waals surface area contributed by atoms with Gasteiger partial charge in [-0.1, -0.05) is 13.8 Å². The van der Waals surface area contributed by atoms with E-state index in [1.165, 1.54) is 0 Å². The monoisotopic (exact) mass is 369 g/mol. The lowest BCUT2D eigenvalue weighted by molar-refractivity contribution is -0.123. The van der Waals surface area contributed by atoms with Crippen LogP contribution in [0.5, 0.6) is 0 Å². The molecular weight excluding hydrogens is 346 g/mol. The Morgan fingerprint density at radius 2 is 2.15 bits per heavy atom. The molecule has 7 heteroatoms. The van der Waals surface area contributed by atoms with Gasteiger partial charge in [-0.25, -0.2) is 9.97 Å². The summed E-state index contributed by atoms with van der Waals surface area (Å²) in [6, 6.07) is 3.62. The normalized spacial score (nSPS) is 12.3. The number of rotatable bonds is 7. The van der Waals surface area contributed by atoms with Crippen LogP contribution in [0.1, 0.15) is 44.2 Å². The van der Waals surface area contributed by atoms with Gasteiger partial charge in [-0.2, -0.15) is 0 Å². The molecule has 3 aromatic rings. The number of carbonyl (C=O) groups excluding carboxylic acids is 1. The summed E-state index contributed by atoms with van der Waals surface area (Å²) >= 11 is 1.59. The predicted octanol–water partition coefficient (Wildman–Crippen LogP) is 3.44. The van der Waals surface area contributed by atoms with E-state index in [1.807, 2.05) is 41.4 Å². The average molecular weight is 369 g/mol. The Morgan fingerprint density at radius 1 is 1.31 bits per heavy atom. The minimum absolute atomic E-state index is 0.00684. The van der Waals surface area contributed by atoms with E-state index in [1.54, 1.807) is 23.7 Å². The van der Waals surface area contributed by atoms with Crippen LogP contribution in [0.15, 0.2) is 42.3 Å². The summed E-state index contributed by atoms with van der Waals surface area (Å²) in [5.41, 5.74) is 2.00. The Kier molecular flexibility index (Phi) is 5.78. The molecule has 0 bridgehead atoms. The summed E-state index contributed by atoms with van der Waals surface area (Å²) in [5, 5.41) is 5.98. The zero-order valence-corrected chi connectivity index (χ0v) is 16.0. The molecular formula is C19H23N5OS. The van der Waals surface area contributed by atoms with Crippen LogP contribution in [-0.4, -0.2) is 32.0 Å². The van der Waals surface area contributed by atoms with Crippen molar-refractivity contribution in [1.82, 2.24) is 24.8 Å². The lowest BCUT2D eigenvalue weighted by atomic mass is 10.2. The third-order valence-corrected chi connectivity index (χ3v) is 5.09. The van der Waals surface area contributed by atoms with Crippen molar-refractivity contribution in [2.45, 2.75) is 39.2 Å². The van der Waals surface area contributed by atoms with Crippen LogP contribution in [0.4, 0.5) is 0 Å². The maximum absolute atomic E-state index is 12.4. The van der Waals surface area contributed by atoms with E-state index < -0.39 is 0 Å². The van der Waals surface area contributed by atoms with Crippen molar-refractivity contribution >= 4 is 17.2 Å². The Labute approximate surface area is 157 Å². The Balaban J connectivity index is 1.54. The molecule has 3 heterocycles. The van der Waals surface area contributed by atoms with Crippen LogP contribution in [0.2, 0.25) is 0 Å². The fourth-order valence-corrected chi connectivity index (χ4v) is 3.58. The fourth-order valence-electron chi connectivity index (χ4n) is 2.73. The highest BCUT2D eigenvalue weighted by molar-refractivity contribution is 7.13. The SMILES string of the molecule is CC(C)c1nccn1C(C)C(=O)NCCc1csc(-c2cccnc2)n1. The van der Waals surface area contributed by atoms with Crippen molar-refractivity contribution in [2.75, 3.05) is 6.54 Å². The van der Waals surface area contributed by atoms with E-state index in [0.717, 1.165) is 22.1 Å². The second kappa shape index (κ2) is 8.23. The summed E-state index contributed by atoms with van der Waals surface area (Å²) in [4.78, 5) is 25.5. The van der Waals surface area contributed by atoms with Gasteiger partial charge in [0.1, 0.15) is 16.9 Å². The highest BCUT2D eigenvalue weighted by Gasteiger charge is 2.18. The summed E-state index contributed by atoms with van der Waals surface area (Å²) in [6.07, 6.45) is 7.87. The van der Waals surface area contributed by atoms with E-state index in [2.05, 4.69) is 34.1 Å². The number of hydrogen-bond donors (Lipinski definition) is 1. The minimum atomic E-state index is -0.281. The van der Waals surface area contributed by atoms with E-state index in [4.69, 9.17) is 0 Å². The molecule has 0 fully saturated rings. The lowest BCUT2D eigenvalue weighted by Gasteiger charge is -2.17. The Hall–Kier alpha value is -2.54. The largest absolute Gasteiger partial charge is 0.354 e. The molecule has 0 aromatic carbocycles. The Bertz CT molecular complexity index is 856. The number of imidazole rings is 1. The van der Waals surface area contributed by atoms with E-state index in [9.17, 15) is 4.79 Å². The van der Waals surface area contributed by atoms with Crippen LogP contribution in [0, 0.1) is 0 Å². The van der Waals surface area contributed by atoms with Gasteiger partial charge < -0.3 is 9.88 Å². The molecule has 1 unspecified atom stereocenters. The van der Waals surface area contributed by atoms with Gasteiger partial charge in [-0.3, -0.25) is 9.78 Å². The number of amides is 1. The molecule has 0 saturated carbocycles. The fraction of sp³-hybridized carbons (Fsp3) is 0.368. The van der Waals surface area contributed by atoms with E-state index >= 15 is 0 Å². The molecule has 26 heavy (non-hydrogen) atoms.